The molecule has 114 valence electrons. The largest absolute Gasteiger partial charge is 0.346 e. The first-order valence-electron chi connectivity index (χ1n) is 7.83. The van der Waals surface area contributed by atoms with E-state index in [9.17, 15) is 14.4 Å². The Kier molecular flexibility index (Phi) is 2.86. The zero-order valence-corrected chi connectivity index (χ0v) is 12.2. The molecule has 1 aliphatic heterocycles. The zero-order valence-electron chi connectivity index (χ0n) is 12.2. The predicted molar refractivity (Wildman–Crippen MR) is 78.7 cm³/mol. The van der Waals surface area contributed by atoms with Crippen LogP contribution >= 0.6 is 0 Å². The smallest absolute Gasteiger partial charge is 0.251 e. The second-order valence-electron chi connectivity index (χ2n) is 6.67. The minimum Gasteiger partial charge on any atom is -0.346 e. The third kappa shape index (κ3) is 1.81. The lowest BCUT2D eigenvalue weighted by atomic mass is 9.55. The van der Waals surface area contributed by atoms with E-state index in [2.05, 4.69) is 10.6 Å². The lowest BCUT2D eigenvalue weighted by molar-refractivity contribution is -0.132. The highest BCUT2D eigenvalue weighted by Gasteiger charge is 2.62. The molecule has 0 unspecified atom stereocenters. The molecule has 1 aromatic rings. The van der Waals surface area contributed by atoms with Crippen molar-refractivity contribution in [3.05, 3.63) is 35.9 Å². The number of fused-ring (bicyclic) bond motifs is 2. The third-order valence-electron chi connectivity index (χ3n) is 5.61. The van der Waals surface area contributed by atoms with Gasteiger partial charge in [0.2, 0.25) is 11.8 Å². The van der Waals surface area contributed by atoms with Gasteiger partial charge in [-0.2, -0.15) is 0 Å². The summed E-state index contributed by atoms with van der Waals surface area (Å²) in [6, 6.07) is 9.02. The second-order valence-corrected chi connectivity index (χ2v) is 6.67. The fourth-order valence-corrected chi connectivity index (χ4v) is 4.59. The molecule has 2 bridgehead atoms. The summed E-state index contributed by atoms with van der Waals surface area (Å²) in [6.07, 6.45) is 3.35. The molecule has 0 aromatic heterocycles. The average molecular weight is 298 g/mol. The molecule has 5 rings (SSSR count). The number of benzene rings is 1. The third-order valence-corrected chi connectivity index (χ3v) is 5.61. The molecule has 4 aliphatic rings. The molecule has 3 amide bonds. The van der Waals surface area contributed by atoms with Gasteiger partial charge < -0.3 is 5.32 Å². The van der Waals surface area contributed by atoms with Crippen molar-refractivity contribution in [3.8, 4) is 0 Å². The molecular weight excluding hydrogens is 280 g/mol. The van der Waals surface area contributed by atoms with Crippen molar-refractivity contribution in [3.63, 3.8) is 0 Å². The van der Waals surface area contributed by atoms with E-state index in [1.807, 2.05) is 18.2 Å². The van der Waals surface area contributed by atoms with Crippen LogP contribution in [0.25, 0.3) is 0 Å². The number of carbonyl (C=O) groups excluding carboxylic acids is 3. The van der Waals surface area contributed by atoms with Crippen LogP contribution in [-0.2, 0) is 9.59 Å². The van der Waals surface area contributed by atoms with Crippen LogP contribution in [0.5, 0.6) is 0 Å². The summed E-state index contributed by atoms with van der Waals surface area (Å²) in [6.45, 7) is 0. The van der Waals surface area contributed by atoms with E-state index in [0.717, 1.165) is 25.7 Å². The van der Waals surface area contributed by atoms with Crippen LogP contribution < -0.4 is 10.6 Å². The summed E-state index contributed by atoms with van der Waals surface area (Å²) in [7, 11) is 0. The Morgan fingerprint density at radius 2 is 1.77 bits per heavy atom. The SMILES string of the molecule is O=C(NC12CCC(CC1)[C@@H]1C(=O)NC(=O)[C@H]12)c1ccccc1. The van der Waals surface area contributed by atoms with Crippen molar-refractivity contribution in [2.45, 2.75) is 31.2 Å². The first-order valence-corrected chi connectivity index (χ1v) is 7.83. The Bertz CT molecular complexity index is 647. The van der Waals surface area contributed by atoms with Crippen LogP contribution in [0, 0.1) is 17.8 Å². The Balaban J connectivity index is 1.66. The molecule has 4 fully saturated rings. The maximum absolute atomic E-state index is 12.5. The number of rotatable bonds is 2. The van der Waals surface area contributed by atoms with Crippen molar-refractivity contribution in [2.75, 3.05) is 0 Å². The highest BCUT2D eigenvalue weighted by molar-refractivity contribution is 6.07. The minimum atomic E-state index is -0.567. The van der Waals surface area contributed by atoms with E-state index >= 15 is 0 Å². The highest BCUT2D eigenvalue weighted by atomic mass is 16.2. The molecular formula is C17H18N2O3. The molecule has 1 saturated heterocycles. The van der Waals surface area contributed by atoms with Crippen LogP contribution in [0.1, 0.15) is 36.0 Å². The molecule has 1 heterocycles. The molecule has 1 aromatic carbocycles. The van der Waals surface area contributed by atoms with E-state index < -0.39 is 11.5 Å². The van der Waals surface area contributed by atoms with Gasteiger partial charge >= 0.3 is 0 Å². The number of imide groups is 1. The van der Waals surface area contributed by atoms with E-state index in [-0.39, 0.29) is 29.6 Å². The van der Waals surface area contributed by atoms with Crippen molar-refractivity contribution in [1.29, 1.82) is 0 Å². The molecule has 2 N–H and O–H groups in total. The standard InChI is InChI=1S/C17H18N2O3/c20-14(11-4-2-1-3-5-11)19-17-8-6-10(7-9-17)12-13(17)16(22)18-15(12)21/h1-5,10,12-13H,6-9H2,(H,19,20)(H,18,21,22)/t10?,12-,13-,17?/m0/s1. The second kappa shape index (κ2) is 4.66. The van der Waals surface area contributed by atoms with E-state index in [1.165, 1.54) is 0 Å². The van der Waals surface area contributed by atoms with Crippen LogP contribution in [0.2, 0.25) is 0 Å². The fourth-order valence-electron chi connectivity index (χ4n) is 4.59. The van der Waals surface area contributed by atoms with E-state index in [1.54, 1.807) is 12.1 Å². The van der Waals surface area contributed by atoms with Crippen LogP contribution in [0.15, 0.2) is 30.3 Å². The van der Waals surface area contributed by atoms with Gasteiger partial charge in [0.05, 0.1) is 17.4 Å². The van der Waals surface area contributed by atoms with Crippen LogP contribution in [0.4, 0.5) is 0 Å². The first-order chi connectivity index (χ1) is 10.6. The summed E-state index contributed by atoms with van der Waals surface area (Å²) in [5.74, 6) is -0.907. The van der Waals surface area contributed by atoms with Gasteiger partial charge in [0.1, 0.15) is 0 Å². The summed E-state index contributed by atoms with van der Waals surface area (Å²) >= 11 is 0. The fraction of sp³-hybridized carbons (Fsp3) is 0.471. The van der Waals surface area contributed by atoms with Crippen LogP contribution in [0.3, 0.4) is 0 Å². The summed E-state index contributed by atoms with van der Waals surface area (Å²) in [4.78, 5) is 36.9. The number of amides is 3. The van der Waals surface area contributed by atoms with Gasteiger partial charge in [-0.1, -0.05) is 18.2 Å². The van der Waals surface area contributed by atoms with Crippen LogP contribution in [-0.4, -0.2) is 23.3 Å². The molecule has 5 heteroatoms. The molecule has 0 radical (unpaired) electrons. The monoisotopic (exact) mass is 298 g/mol. The average Bonchev–Trinajstić information content (AvgIpc) is 2.86. The van der Waals surface area contributed by atoms with Gasteiger partial charge in [-0.25, -0.2) is 0 Å². The number of nitrogens with one attached hydrogen (secondary N) is 2. The molecule has 0 spiro atoms. The molecule has 2 atom stereocenters. The Morgan fingerprint density at radius 3 is 2.45 bits per heavy atom. The summed E-state index contributed by atoms with van der Waals surface area (Å²) in [5, 5.41) is 5.57. The normalized spacial score (nSPS) is 35.9. The van der Waals surface area contributed by atoms with E-state index in [0.29, 0.717) is 5.56 Å². The van der Waals surface area contributed by atoms with Crippen molar-refractivity contribution < 1.29 is 14.4 Å². The Morgan fingerprint density at radius 1 is 1.09 bits per heavy atom. The topological polar surface area (TPSA) is 75.3 Å². The lowest BCUT2D eigenvalue weighted by Crippen LogP contribution is -2.63. The predicted octanol–water partition coefficient (Wildman–Crippen LogP) is 1.25. The molecule has 3 saturated carbocycles. The van der Waals surface area contributed by atoms with Gasteiger partial charge in [0.15, 0.2) is 0 Å². The number of carbonyl (C=O) groups is 3. The van der Waals surface area contributed by atoms with Crippen molar-refractivity contribution >= 4 is 17.7 Å². The van der Waals surface area contributed by atoms with Gasteiger partial charge in [-0.3, -0.25) is 19.7 Å². The maximum Gasteiger partial charge on any atom is 0.251 e. The quantitative estimate of drug-likeness (QED) is 0.807. The Labute approximate surface area is 128 Å². The summed E-state index contributed by atoms with van der Waals surface area (Å²) in [5.41, 5.74) is 0.0219. The van der Waals surface area contributed by atoms with Gasteiger partial charge in [0.25, 0.3) is 5.91 Å². The number of hydrogen-bond donors (Lipinski definition) is 2. The Hall–Kier alpha value is -2.17. The van der Waals surface area contributed by atoms with Crippen molar-refractivity contribution in [1.82, 2.24) is 10.6 Å². The number of hydrogen-bond acceptors (Lipinski definition) is 3. The van der Waals surface area contributed by atoms with Gasteiger partial charge in [0, 0.05) is 5.56 Å². The summed E-state index contributed by atoms with van der Waals surface area (Å²) < 4.78 is 0. The van der Waals surface area contributed by atoms with E-state index in [4.69, 9.17) is 0 Å². The minimum absolute atomic E-state index is 0.155. The van der Waals surface area contributed by atoms with Crippen molar-refractivity contribution in [2.24, 2.45) is 17.8 Å². The zero-order chi connectivity index (χ0) is 15.3. The maximum atomic E-state index is 12.5. The molecule has 5 nitrogen and oxygen atoms in total. The highest BCUT2D eigenvalue weighted by Crippen LogP contribution is 2.53. The van der Waals surface area contributed by atoms with Gasteiger partial charge in [-0.15, -0.1) is 0 Å². The molecule has 3 aliphatic carbocycles. The lowest BCUT2D eigenvalue weighted by Gasteiger charge is -2.52. The van der Waals surface area contributed by atoms with Gasteiger partial charge in [-0.05, 0) is 43.7 Å². The molecule has 22 heavy (non-hydrogen) atoms. The first kappa shape index (κ1) is 13.5.